The number of carbonyl (C=O) groups excluding carboxylic acids is 1. The summed E-state index contributed by atoms with van der Waals surface area (Å²) in [6.07, 6.45) is 1.02. The summed E-state index contributed by atoms with van der Waals surface area (Å²) in [6.45, 7) is 5.94. The molecule has 1 aliphatic carbocycles. The number of carbonyl (C=O) groups is 1. The lowest BCUT2D eigenvalue weighted by atomic mass is 10.0. The molecule has 0 spiro atoms. The Labute approximate surface area is 208 Å². The molecule has 1 aromatic heterocycles. The maximum atomic E-state index is 14.8. The fourth-order valence-electron chi connectivity index (χ4n) is 4.64. The maximum Gasteiger partial charge on any atom is 0.266 e. The van der Waals surface area contributed by atoms with Gasteiger partial charge in [-0.1, -0.05) is 18.2 Å². The largest absolute Gasteiger partial charge is 0.488 e. The highest BCUT2D eigenvalue weighted by Gasteiger charge is 2.28. The number of nitrogens with one attached hydrogen (secondary N) is 1. The summed E-state index contributed by atoms with van der Waals surface area (Å²) >= 11 is 0. The zero-order chi connectivity index (χ0) is 25.4. The Morgan fingerprint density at radius 2 is 1.83 bits per heavy atom. The van der Waals surface area contributed by atoms with E-state index in [1.54, 1.807) is 26.1 Å². The van der Waals surface area contributed by atoms with Crippen molar-refractivity contribution < 1.29 is 22.7 Å². The standard InChI is InChI=1S/C27H29F3N4O2/c1-16(19-4-3-5-20(26(19)28)27(29)30)32-22-8-9-31-23-15-25(36-18-6-7-18)24(14-21(22)23)34-12-10-33(11-13-34)17(2)35/h3-5,8-9,14-16,18,27H,6-7,10-13H2,1-2H3,(H,31,32)/t16-/m1/s1. The van der Waals surface area contributed by atoms with Gasteiger partial charge in [0.25, 0.3) is 6.43 Å². The van der Waals surface area contributed by atoms with Gasteiger partial charge in [-0.05, 0) is 31.9 Å². The van der Waals surface area contributed by atoms with Crippen molar-refractivity contribution >= 4 is 28.2 Å². The van der Waals surface area contributed by atoms with Crippen molar-refractivity contribution in [1.82, 2.24) is 9.88 Å². The molecule has 1 aliphatic heterocycles. The summed E-state index contributed by atoms with van der Waals surface area (Å²) in [4.78, 5) is 20.3. The highest BCUT2D eigenvalue weighted by Crippen LogP contribution is 2.40. The Hall–Kier alpha value is -3.49. The number of rotatable bonds is 7. The Kier molecular flexibility index (Phi) is 6.64. The number of hydrogen-bond acceptors (Lipinski definition) is 5. The van der Waals surface area contributed by atoms with Gasteiger partial charge in [-0.2, -0.15) is 0 Å². The average molecular weight is 499 g/mol. The Morgan fingerprint density at radius 3 is 2.50 bits per heavy atom. The van der Waals surface area contributed by atoms with Gasteiger partial charge < -0.3 is 19.9 Å². The van der Waals surface area contributed by atoms with Gasteiger partial charge in [0, 0.05) is 62.0 Å². The second-order valence-corrected chi connectivity index (χ2v) is 9.42. The fraction of sp³-hybridized carbons (Fsp3) is 0.407. The van der Waals surface area contributed by atoms with Gasteiger partial charge in [-0.25, -0.2) is 13.2 Å². The average Bonchev–Trinajstić information content (AvgIpc) is 3.68. The van der Waals surface area contributed by atoms with Crippen LogP contribution in [0.3, 0.4) is 0 Å². The molecule has 36 heavy (non-hydrogen) atoms. The molecular weight excluding hydrogens is 469 g/mol. The second-order valence-electron chi connectivity index (χ2n) is 9.42. The molecule has 2 aromatic carbocycles. The normalized spacial score (nSPS) is 16.9. The first-order valence-electron chi connectivity index (χ1n) is 12.2. The van der Waals surface area contributed by atoms with Crippen molar-refractivity contribution in [1.29, 1.82) is 0 Å². The first-order chi connectivity index (χ1) is 17.3. The molecule has 190 valence electrons. The van der Waals surface area contributed by atoms with Crippen LogP contribution in [0.25, 0.3) is 10.9 Å². The number of pyridine rings is 1. The van der Waals surface area contributed by atoms with E-state index in [1.165, 1.54) is 12.1 Å². The number of nitrogens with zero attached hydrogens (tertiary/aromatic N) is 3. The SMILES string of the molecule is CC(=O)N1CCN(c2cc3c(N[C@H](C)c4cccc(C(F)F)c4F)ccnc3cc2OC2CC2)CC1. The number of hydrogen-bond donors (Lipinski definition) is 1. The Morgan fingerprint density at radius 1 is 1.11 bits per heavy atom. The second kappa shape index (κ2) is 9.87. The predicted octanol–water partition coefficient (Wildman–Crippen LogP) is 5.69. The quantitative estimate of drug-likeness (QED) is 0.453. The van der Waals surface area contributed by atoms with Crippen molar-refractivity contribution in [3.63, 3.8) is 0 Å². The third kappa shape index (κ3) is 4.92. The number of ether oxygens (including phenoxy) is 1. The van der Waals surface area contributed by atoms with Crippen LogP contribution in [0.15, 0.2) is 42.6 Å². The molecule has 9 heteroatoms. The van der Waals surface area contributed by atoms with Crippen molar-refractivity contribution in [2.75, 3.05) is 36.4 Å². The van der Waals surface area contributed by atoms with Crippen LogP contribution >= 0.6 is 0 Å². The third-order valence-corrected chi connectivity index (χ3v) is 6.84. The number of piperazine rings is 1. The lowest BCUT2D eigenvalue weighted by molar-refractivity contribution is -0.129. The maximum absolute atomic E-state index is 14.8. The van der Waals surface area contributed by atoms with Crippen LogP contribution < -0.4 is 15.0 Å². The minimum Gasteiger partial charge on any atom is -0.488 e. The molecule has 0 bridgehead atoms. The lowest BCUT2D eigenvalue weighted by Crippen LogP contribution is -2.48. The first-order valence-corrected chi connectivity index (χ1v) is 12.2. The van der Waals surface area contributed by atoms with E-state index in [0.29, 0.717) is 26.2 Å². The van der Waals surface area contributed by atoms with E-state index < -0.39 is 23.8 Å². The molecule has 2 fully saturated rings. The van der Waals surface area contributed by atoms with Crippen molar-refractivity contribution in [2.45, 2.75) is 45.3 Å². The number of benzene rings is 2. The monoisotopic (exact) mass is 498 g/mol. The molecule has 0 radical (unpaired) electrons. The number of alkyl halides is 2. The fourth-order valence-corrected chi connectivity index (χ4v) is 4.64. The molecule has 5 rings (SSSR count). The van der Waals surface area contributed by atoms with Crippen LogP contribution in [0.5, 0.6) is 5.75 Å². The van der Waals surface area contributed by atoms with Gasteiger partial charge >= 0.3 is 0 Å². The van der Waals surface area contributed by atoms with Gasteiger partial charge in [-0.15, -0.1) is 0 Å². The van der Waals surface area contributed by atoms with Gasteiger partial charge in [-0.3, -0.25) is 9.78 Å². The lowest BCUT2D eigenvalue weighted by Gasteiger charge is -2.36. The van der Waals surface area contributed by atoms with Crippen LogP contribution in [-0.4, -0.2) is 48.1 Å². The molecular formula is C27H29F3N4O2. The van der Waals surface area contributed by atoms with E-state index in [9.17, 15) is 18.0 Å². The molecule has 1 saturated heterocycles. The summed E-state index contributed by atoms with van der Waals surface area (Å²) in [7, 11) is 0. The highest BCUT2D eigenvalue weighted by molar-refractivity contribution is 5.95. The van der Waals surface area contributed by atoms with Crippen molar-refractivity contribution in [3.8, 4) is 5.75 Å². The van der Waals surface area contributed by atoms with Crippen molar-refractivity contribution in [3.05, 3.63) is 59.5 Å². The van der Waals surface area contributed by atoms with Crippen LogP contribution in [0.2, 0.25) is 0 Å². The summed E-state index contributed by atoms with van der Waals surface area (Å²) in [5.74, 6) is -0.0694. The van der Waals surface area contributed by atoms with E-state index in [1.807, 2.05) is 17.0 Å². The number of anilines is 2. The van der Waals surface area contributed by atoms with Gasteiger partial charge in [0.2, 0.25) is 5.91 Å². The molecule has 1 N–H and O–H groups in total. The molecule has 1 saturated carbocycles. The molecule has 3 aromatic rings. The zero-order valence-corrected chi connectivity index (χ0v) is 20.3. The van der Waals surface area contributed by atoms with Crippen molar-refractivity contribution in [2.24, 2.45) is 0 Å². The Bertz CT molecular complexity index is 1270. The number of halogens is 3. The smallest absolute Gasteiger partial charge is 0.266 e. The van der Waals surface area contributed by atoms with E-state index in [4.69, 9.17) is 4.74 Å². The van der Waals surface area contributed by atoms with E-state index >= 15 is 0 Å². The van der Waals surface area contributed by atoms with E-state index in [0.717, 1.165) is 46.9 Å². The molecule has 2 aliphatic rings. The van der Waals surface area contributed by atoms with Gasteiger partial charge in [0.05, 0.1) is 28.9 Å². The number of amides is 1. The molecule has 0 unspecified atom stereocenters. The summed E-state index contributed by atoms with van der Waals surface area (Å²) in [5.41, 5.74) is 1.93. The van der Waals surface area contributed by atoms with E-state index in [-0.39, 0.29) is 17.6 Å². The zero-order valence-electron chi connectivity index (χ0n) is 20.3. The van der Waals surface area contributed by atoms with Crippen LogP contribution in [-0.2, 0) is 4.79 Å². The molecule has 1 atom stereocenters. The Balaban J connectivity index is 1.48. The number of fused-ring (bicyclic) bond motifs is 1. The highest BCUT2D eigenvalue weighted by atomic mass is 19.3. The van der Waals surface area contributed by atoms with Crippen LogP contribution in [0.4, 0.5) is 24.5 Å². The summed E-state index contributed by atoms with van der Waals surface area (Å²) in [6, 6.07) is 9.26. The number of aromatic nitrogens is 1. The summed E-state index contributed by atoms with van der Waals surface area (Å²) < 4.78 is 47.5. The van der Waals surface area contributed by atoms with Gasteiger partial charge in [0.15, 0.2) is 0 Å². The third-order valence-electron chi connectivity index (χ3n) is 6.84. The molecule has 1 amide bonds. The van der Waals surface area contributed by atoms with E-state index in [2.05, 4.69) is 15.2 Å². The topological polar surface area (TPSA) is 57.7 Å². The minimum atomic E-state index is -2.88. The van der Waals surface area contributed by atoms with Gasteiger partial charge in [0.1, 0.15) is 11.6 Å². The molecule has 6 nitrogen and oxygen atoms in total. The predicted molar refractivity (Wildman–Crippen MR) is 133 cm³/mol. The minimum absolute atomic E-state index is 0.0652. The summed E-state index contributed by atoms with van der Waals surface area (Å²) in [5, 5.41) is 4.12. The first kappa shape index (κ1) is 24.2. The van der Waals surface area contributed by atoms with Crippen LogP contribution in [0.1, 0.15) is 50.3 Å². The van der Waals surface area contributed by atoms with Crippen LogP contribution in [0, 0.1) is 5.82 Å². The molecule has 2 heterocycles.